The number of hydrogen-bond acceptors (Lipinski definition) is 3. The van der Waals surface area contributed by atoms with Gasteiger partial charge in [-0.3, -0.25) is 4.39 Å². The molecule has 4 nitrogen and oxygen atoms in total. The van der Waals surface area contributed by atoms with Crippen molar-refractivity contribution in [3.8, 4) is 17.3 Å². The van der Waals surface area contributed by atoms with Crippen molar-refractivity contribution in [2.45, 2.75) is 25.4 Å². The largest absolute Gasteiger partial charge is 0.460 e. The second-order valence-electron chi connectivity index (χ2n) is 5.70. The number of ether oxygens (including phenoxy) is 1. The molecule has 0 spiro atoms. The molecule has 23 heavy (non-hydrogen) atoms. The highest BCUT2D eigenvalue weighted by atomic mass is 32.1. The minimum atomic E-state index is -0.662. The molecule has 0 amide bonds. The van der Waals surface area contributed by atoms with Gasteiger partial charge in [0.2, 0.25) is 0 Å². The lowest BCUT2D eigenvalue weighted by Gasteiger charge is -2.37. The van der Waals surface area contributed by atoms with Crippen LogP contribution in [0.3, 0.4) is 0 Å². The third-order valence-corrected chi connectivity index (χ3v) is 4.23. The van der Waals surface area contributed by atoms with E-state index in [-0.39, 0.29) is 0 Å². The average Bonchev–Trinajstić information content (AvgIpc) is 3.01. The molecular formula is C17H16FN3OS. The molecule has 1 aromatic carbocycles. The Morgan fingerprint density at radius 2 is 2.17 bits per heavy atom. The van der Waals surface area contributed by atoms with Gasteiger partial charge in [0.1, 0.15) is 17.4 Å². The van der Waals surface area contributed by atoms with Gasteiger partial charge in [-0.15, -0.1) is 0 Å². The van der Waals surface area contributed by atoms with E-state index in [0.29, 0.717) is 23.7 Å². The molecular weight excluding hydrogens is 313 g/mol. The van der Waals surface area contributed by atoms with E-state index in [4.69, 9.17) is 22.2 Å². The maximum absolute atomic E-state index is 12.6. The summed E-state index contributed by atoms with van der Waals surface area (Å²) in [7, 11) is 0. The summed E-state index contributed by atoms with van der Waals surface area (Å²) in [6, 6.07) is 11.5. The summed E-state index contributed by atoms with van der Waals surface area (Å²) >= 11 is 5.16. The molecule has 118 valence electrons. The Morgan fingerprint density at radius 1 is 1.35 bits per heavy atom. The molecule has 0 radical (unpaired) electrons. The van der Waals surface area contributed by atoms with E-state index in [0.717, 1.165) is 22.5 Å². The van der Waals surface area contributed by atoms with Gasteiger partial charge >= 0.3 is 0 Å². The number of H-pyrrole nitrogens is 1. The fraction of sp³-hybridized carbons (Fsp3) is 0.294. The highest BCUT2D eigenvalue weighted by Crippen LogP contribution is 2.41. The van der Waals surface area contributed by atoms with Gasteiger partial charge in [0, 0.05) is 16.9 Å². The zero-order chi connectivity index (χ0) is 16.4. The molecule has 2 aromatic rings. The van der Waals surface area contributed by atoms with Crippen LogP contribution >= 0.6 is 12.2 Å². The Balaban J connectivity index is 2.04. The predicted octanol–water partition coefficient (Wildman–Crippen LogP) is 4.25. The maximum atomic E-state index is 12.6. The van der Waals surface area contributed by atoms with Crippen molar-refractivity contribution in [1.29, 1.82) is 5.26 Å². The Bertz CT molecular complexity index is 795. The average molecular weight is 329 g/mol. The summed E-state index contributed by atoms with van der Waals surface area (Å²) in [6.07, 6.45) is 0.944. The molecule has 2 heterocycles. The fourth-order valence-electron chi connectivity index (χ4n) is 2.87. The van der Waals surface area contributed by atoms with Crippen LogP contribution in [-0.2, 0) is 10.3 Å². The van der Waals surface area contributed by atoms with Crippen LogP contribution in [0.15, 0.2) is 30.3 Å². The SMILES string of the molecule is CC1(CCCF)OC(=S)Nc2ccc(-c3ccc(C#N)[nH]3)cc21. The summed E-state index contributed by atoms with van der Waals surface area (Å²) < 4.78 is 18.4. The lowest BCUT2D eigenvalue weighted by atomic mass is 9.87. The number of thiocarbonyl (C=S) groups is 1. The smallest absolute Gasteiger partial charge is 0.262 e. The van der Waals surface area contributed by atoms with Gasteiger partial charge < -0.3 is 15.0 Å². The summed E-state index contributed by atoms with van der Waals surface area (Å²) in [5, 5.41) is 12.3. The summed E-state index contributed by atoms with van der Waals surface area (Å²) in [5.41, 5.74) is 3.45. The molecule has 0 fully saturated rings. The lowest BCUT2D eigenvalue weighted by Crippen LogP contribution is -2.37. The number of benzene rings is 1. The van der Waals surface area contributed by atoms with Gasteiger partial charge in [0.15, 0.2) is 0 Å². The molecule has 0 saturated carbocycles. The maximum Gasteiger partial charge on any atom is 0.262 e. The molecule has 0 aliphatic carbocycles. The molecule has 1 aliphatic rings. The fourth-order valence-corrected chi connectivity index (χ4v) is 3.17. The first-order chi connectivity index (χ1) is 11.1. The molecule has 1 aliphatic heterocycles. The number of nitrogens with zero attached hydrogens (tertiary/aromatic N) is 1. The Morgan fingerprint density at radius 3 is 2.87 bits per heavy atom. The number of aromatic amines is 1. The number of aromatic nitrogens is 1. The molecule has 0 saturated heterocycles. The van der Waals surface area contributed by atoms with Crippen LogP contribution < -0.4 is 5.32 Å². The molecule has 6 heteroatoms. The van der Waals surface area contributed by atoms with Crippen molar-refractivity contribution in [1.82, 2.24) is 4.98 Å². The number of nitriles is 1. The highest BCUT2D eigenvalue weighted by molar-refractivity contribution is 7.80. The Kier molecular flexibility index (Phi) is 4.05. The van der Waals surface area contributed by atoms with E-state index in [1.54, 1.807) is 6.07 Å². The van der Waals surface area contributed by atoms with Crippen LogP contribution in [0.4, 0.5) is 10.1 Å². The highest BCUT2D eigenvalue weighted by Gasteiger charge is 2.36. The van der Waals surface area contributed by atoms with Gasteiger partial charge in [-0.05, 0) is 61.8 Å². The molecule has 2 N–H and O–H groups in total. The minimum Gasteiger partial charge on any atom is -0.460 e. The van der Waals surface area contributed by atoms with Crippen LogP contribution in [0, 0.1) is 11.3 Å². The van der Waals surface area contributed by atoms with E-state index in [1.165, 1.54) is 0 Å². The van der Waals surface area contributed by atoms with Crippen molar-refractivity contribution >= 4 is 23.1 Å². The number of anilines is 1. The Labute approximate surface area is 139 Å². The van der Waals surface area contributed by atoms with Crippen LogP contribution in [0.1, 0.15) is 31.0 Å². The summed E-state index contributed by atoms with van der Waals surface area (Å²) in [6.45, 7) is 1.53. The van der Waals surface area contributed by atoms with E-state index in [2.05, 4.69) is 16.4 Å². The van der Waals surface area contributed by atoms with Crippen LogP contribution in [0.5, 0.6) is 0 Å². The standard InChI is InChI=1S/C17H16FN3OS/c1-17(7-2-8-18)13-9-11(14-6-4-12(10-19)20-14)3-5-15(13)21-16(23)22-17/h3-6,9,20H,2,7-8H2,1H3,(H,21,23). The zero-order valence-corrected chi connectivity index (χ0v) is 13.5. The topological polar surface area (TPSA) is 60.8 Å². The molecule has 0 bridgehead atoms. The number of alkyl halides is 1. The molecule has 1 unspecified atom stereocenters. The van der Waals surface area contributed by atoms with Gasteiger partial charge in [0.05, 0.1) is 6.67 Å². The minimum absolute atomic E-state index is 0.304. The third-order valence-electron chi connectivity index (χ3n) is 4.05. The monoisotopic (exact) mass is 329 g/mol. The first-order valence-corrected chi connectivity index (χ1v) is 7.76. The Hall–Kier alpha value is -2.39. The molecule has 1 atom stereocenters. The molecule has 3 rings (SSSR count). The molecule has 1 aromatic heterocycles. The van der Waals surface area contributed by atoms with Gasteiger partial charge in [-0.2, -0.15) is 5.26 Å². The van der Waals surface area contributed by atoms with Crippen LogP contribution in [0.25, 0.3) is 11.3 Å². The summed E-state index contributed by atoms with van der Waals surface area (Å²) in [5.74, 6) is 0. The van der Waals surface area contributed by atoms with Crippen molar-refractivity contribution in [3.05, 3.63) is 41.6 Å². The van der Waals surface area contributed by atoms with E-state index < -0.39 is 12.3 Å². The van der Waals surface area contributed by atoms with Gasteiger partial charge in [0.25, 0.3) is 5.17 Å². The quantitative estimate of drug-likeness (QED) is 0.824. The van der Waals surface area contributed by atoms with Gasteiger partial charge in [-0.1, -0.05) is 6.07 Å². The second kappa shape index (κ2) is 6.01. The number of rotatable bonds is 4. The van der Waals surface area contributed by atoms with Crippen LogP contribution in [-0.4, -0.2) is 16.8 Å². The van der Waals surface area contributed by atoms with Gasteiger partial charge in [-0.25, -0.2) is 0 Å². The van der Waals surface area contributed by atoms with Crippen molar-refractivity contribution in [3.63, 3.8) is 0 Å². The normalized spacial score (nSPS) is 19.4. The van der Waals surface area contributed by atoms with Crippen LogP contribution in [0.2, 0.25) is 0 Å². The number of halogens is 1. The number of fused-ring (bicyclic) bond motifs is 1. The van der Waals surface area contributed by atoms with E-state index >= 15 is 0 Å². The van der Waals surface area contributed by atoms with Crippen molar-refractivity contribution < 1.29 is 9.13 Å². The van der Waals surface area contributed by atoms with E-state index in [1.807, 2.05) is 31.2 Å². The first kappa shape index (κ1) is 15.5. The predicted molar refractivity (Wildman–Crippen MR) is 90.8 cm³/mol. The van der Waals surface area contributed by atoms with E-state index in [9.17, 15) is 4.39 Å². The summed E-state index contributed by atoms with van der Waals surface area (Å²) in [4.78, 5) is 3.06. The lowest BCUT2D eigenvalue weighted by molar-refractivity contribution is 0.0591. The number of hydrogen-bond donors (Lipinski definition) is 2. The number of nitrogens with one attached hydrogen (secondary N) is 2. The first-order valence-electron chi connectivity index (χ1n) is 7.36. The third kappa shape index (κ3) is 2.92. The second-order valence-corrected chi connectivity index (χ2v) is 6.07. The zero-order valence-electron chi connectivity index (χ0n) is 12.6. The van der Waals surface area contributed by atoms with Crippen molar-refractivity contribution in [2.75, 3.05) is 12.0 Å². The van der Waals surface area contributed by atoms with Crippen molar-refractivity contribution in [2.24, 2.45) is 0 Å².